The van der Waals surface area contributed by atoms with Gasteiger partial charge in [-0.05, 0) is 31.0 Å². The van der Waals surface area contributed by atoms with E-state index in [1.165, 1.54) is 17.0 Å². The van der Waals surface area contributed by atoms with Gasteiger partial charge in [0, 0.05) is 18.0 Å². The first-order chi connectivity index (χ1) is 10.0. The molecule has 1 aliphatic carbocycles. The molecule has 1 saturated carbocycles. The van der Waals surface area contributed by atoms with E-state index in [4.69, 9.17) is 11.6 Å². The molecule has 1 N–H and O–H groups in total. The minimum atomic E-state index is -0.861. The van der Waals surface area contributed by atoms with Crippen LogP contribution in [-0.4, -0.2) is 23.9 Å². The van der Waals surface area contributed by atoms with Gasteiger partial charge in [0.1, 0.15) is 11.4 Å². The van der Waals surface area contributed by atoms with Crippen molar-refractivity contribution in [3.05, 3.63) is 29.0 Å². The molecule has 1 spiro atoms. The predicted molar refractivity (Wildman–Crippen MR) is 77.7 cm³/mol. The summed E-state index contributed by atoms with van der Waals surface area (Å²) in [6.45, 7) is 0.185. The third kappa shape index (κ3) is 2.50. The monoisotopic (exact) mass is 310 g/mol. The number of nitrogens with zero attached hydrogens (tertiary/aromatic N) is 1. The quantitative estimate of drug-likeness (QED) is 0.867. The summed E-state index contributed by atoms with van der Waals surface area (Å²) in [5, 5.41) is 3.14. The van der Waals surface area contributed by atoms with Gasteiger partial charge in [0.05, 0.1) is 5.69 Å². The van der Waals surface area contributed by atoms with E-state index in [1.54, 1.807) is 6.07 Å². The van der Waals surface area contributed by atoms with E-state index in [1.807, 2.05) is 0 Å². The van der Waals surface area contributed by atoms with Crippen LogP contribution in [0.1, 0.15) is 32.1 Å². The maximum atomic E-state index is 14.1. The molecule has 1 aliphatic heterocycles. The van der Waals surface area contributed by atoms with E-state index in [2.05, 4.69) is 5.32 Å². The summed E-state index contributed by atoms with van der Waals surface area (Å²) in [6.07, 6.45) is 3.19. The lowest BCUT2D eigenvalue weighted by Gasteiger charge is -2.31. The Morgan fingerprint density at radius 2 is 1.95 bits per heavy atom. The third-order valence-electron chi connectivity index (χ3n) is 4.25. The molecule has 2 amide bonds. The lowest BCUT2D eigenvalue weighted by Crippen LogP contribution is -2.55. The molecule has 4 nitrogen and oxygen atoms in total. The molecule has 0 atom stereocenters. The average molecular weight is 311 g/mol. The van der Waals surface area contributed by atoms with Crippen LogP contribution in [0.15, 0.2) is 18.2 Å². The average Bonchev–Trinajstić information content (AvgIpc) is 2.85. The summed E-state index contributed by atoms with van der Waals surface area (Å²) < 4.78 is 14.1. The number of hydrogen-bond donors (Lipinski definition) is 1. The van der Waals surface area contributed by atoms with Crippen LogP contribution in [0.25, 0.3) is 0 Å². The van der Waals surface area contributed by atoms with Crippen LogP contribution < -0.4 is 10.2 Å². The van der Waals surface area contributed by atoms with Crippen LogP contribution in [0.3, 0.4) is 0 Å². The lowest BCUT2D eigenvalue weighted by atomic mass is 9.95. The fourth-order valence-corrected chi connectivity index (χ4v) is 3.36. The third-order valence-corrected chi connectivity index (χ3v) is 4.49. The highest BCUT2D eigenvalue weighted by molar-refractivity contribution is 6.30. The van der Waals surface area contributed by atoms with E-state index < -0.39 is 11.4 Å². The van der Waals surface area contributed by atoms with Crippen molar-refractivity contribution in [1.29, 1.82) is 0 Å². The number of amides is 2. The Labute approximate surface area is 127 Å². The molecule has 1 aromatic rings. The topological polar surface area (TPSA) is 49.4 Å². The molecule has 0 aromatic heterocycles. The Hall–Kier alpha value is -1.62. The van der Waals surface area contributed by atoms with Gasteiger partial charge >= 0.3 is 0 Å². The van der Waals surface area contributed by atoms with Gasteiger partial charge in [0.25, 0.3) is 5.91 Å². The highest BCUT2D eigenvalue weighted by atomic mass is 35.5. The van der Waals surface area contributed by atoms with Crippen molar-refractivity contribution in [2.75, 3.05) is 11.4 Å². The predicted octanol–water partition coefficient (Wildman–Crippen LogP) is 2.64. The van der Waals surface area contributed by atoms with Crippen molar-refractivity contribution in [2.24, 2.45) is 0 Å². The van der Waals surface area contributed by atoms with Crippen LogP contribution in [0.5, 0.6) is 0 Å². The number of anilines is 1. The van der Waals surface area contributed by atoms with Crippen LogP contribution >= 0.6 is 11.6 Å². The first-order valence-corrected chi connectivity index (χ1v) is 7.48. The van der Waals surface area contributed by atoms with E-state index in [9.17, 15) is 14.0 Å². The molecule has 0 unspecified atom stereocenters. The van der Waals surface area contributed by atoms with Gasteiger partial charge in [-0.2, -0.15) is 0 Å². The van der Waals surface area contributed by atoms with Gasteiger partial charge in [0.2, 0.25) is 5.91 Å². The zero-order chi connectivity index (χ0) is 15.0. The Kier molecular flexibility index (Phi) is 3.61. The summed E-state index contributed by atoms with van der Waals surface area (Å²) in [5.74, 6) is -0.910. The van der Waals surface area contributed by atoms with Gasteiger partial charge in [0.15, 0.2) is 0 Å². The number of nitrogens with one attached hydrogen (secondary N) is 1. The van der Waals surface area contributed by atoms with Crippen molar-refractivity contribution in [2.45, 2.75) is 37.6 Å². The first-order valence-electron chi connectivity index (χ1n) is 7.10. The SMILES string of the molecule is O=C1CCN(c2ccc(Cl)cc2F)C(=O)C2(CCCC2)N1. The normalized spacial score (nSPS) is 21.5. The molecule has 6 heteroatoms. The molecular formula is C15H16ClFN2O2. The molecule has 1 heterocycles. The van der Waals surface area contributed by atoms with Gasteiger partial charge in [-0.1, -0.05) is 24.4 Å². The second-order valence-electron chi connectivity index (χ2n) is 5.64. The van der Waals surface area contributed by atoms with Crippen molar-refractivity contribution in [3.8, 4) is 0 Å². The Balaban J connectivity index is 2.00. The molecule has 3 rings (SSSR count). The zero-order valence-electron chi connectivity index (χ0n) is 11.5. The molecule has 2 aliphatic rings. The summed E-state index contributed by atoms with van der Waals surface area (Å²) in [6, 6.07) is 4.23. The standard InChI is InChI=1S/C15H16ClFN2O2/c16-10-3-4-12(11(17)9-10)19-8-5-13(20)18-15(14(19)21)6-1-2-7-15/h3-4,9H,1-2,5-8H2,(H,18,20). The lowest BCUT2D eigenvalue weighted by molar-refractivity contribution is -0.129. The molecular weight excluding hydrogens is 295 g/mol. The number of halogens is 2. The summed E-state index contributed by atoms with van der Waals surface area (Å²) in [5.41, 5.74) is -0.674. The molecule has 0 radical (unpaired) electrons. The molecule has 21 heavy (non-hydrogen) atoms. The number of benzene rings is 1. The number of carbonyl (C=O) groups is 2. The minimum Gasteiger partial charge on any atom is -0.342 e. The van der Waals surface area contributed by atoms with Crippen molar-refractivity contribution in [3.63, 3.8) is 0 Å². The van der Waals surface area contributed by atoms with E-state index in [0.717, 1.165) is 12.8 Å². The Bertz CT molecular complexity index is 599. The molecule has 112 valence electrons. The fraction of sp³-hybridized carbons (Fsp3) is 0.467. The van der Waals surface area contributed by atoms with Gasteiger partial charge in [-0.15, -0.1) is 0 Å². The smallest absolute Gasteiger partial charge is 0.252 e. The second-order valence-corrected chi connectivity index (χ2v) is 6.08. The van der Waals surface area contributed by atoms with Crippen LogP contribution in [0, 0.1) is 5.82 Å². The van der Waals surface area contributed by atoms with E-state index in [0.29, 0.717) is 12.8 Å². The van der Waals surface area contributed by atoms with Crippen molar-refractivity contribution >= 4 is 29.1 Å². The summed E-state index contributed by atoms with van der Waals surface area (Å²) >= 11 is 5.76. The van der Waals surface area contributed by atoms with Gasteiger partial charge in [-0.3, -0.25) is 9.59 Å². The van der Waals surface area contributed by atoms with Crippen LogP contribution in [0.2, 0.25) is 5.02 Å². The molecule has 2 fully saturated rings. The number of hydrogen-bond acceptors (Lipinski definition) is 2. The summed E-state index contributed by atoms with van der Waals surface area (Å²) in [4.78, 5) is 26.1. The van der Waals surface area contributed by atoms with Crippen molar-refractivity contribution < 1.29 is 14.0 Å². The van der Waals surface area contributed by atoms with E-state index in [-0.39, 0.29) is 35.5 Å². The highest BCUT2D eigenvalue weighted by Crippen LogP contribution is 2.35. The van der Waals surface area contributed by atoms with E-state index >= 15 is 0 Å². The fourth-order valence-electron chi connectivity index (χ4n) is 3.20. The molecule has 1 saturated heterocycles. The zero-order valence-corrected chi connectivity index (χ0v) is 12.3. The maximum absolute atomic E-state index is 14.1. The number of rotatable bonds is 1. The highest BCUT2D eigenvalue weighted by Gasteiger charge is 2.47. The molecule has 1 aromatic carbocycles. The van der Waals surface area contributed by atoms with Crippen LogP contribution in [-0.2, 0) is 9.59 Å². The Morgan fingerprint density at radius 3 is 2.62 bits per heavy atom. The second kappa shape index (κ2) is 5.30. The number of carbonyl (C=O) groups excluding carboxylic acids is 2. The van der Waals surface area contributed by atoms with Gasteiger partial charge in [-0.25, -0.2) is 4.39 Å². The minimum absolute atomic E-state index is 0.151. The maximum Gasteiger partial charge on any atom is 0.252 e. The van der Waals surface area contributed by atoms with Crippen molar-refractivity contribution in [1.82, 2.24) is 5.32 Å². The van der Waals surface area contributed by atoms with Gasteiger partial charge < -0.3 is 10.2 Å². The largest absolute Gasteiger partial charge is 0.342 e. The first kappa shape index (κ1) is 14.3. The summed E-state index contributed by atoms with van der Waals surface area (Å²) in [7, 11) is 0. The molecule has 0 bridgehead atoms. The Morgan fingerprint density at radius 1 is 1.24 bits per heavy atom. The van der Waals surface area contributed by atoms with Crippen LogP contribution in [0.4, 0.5) is 10.1 Å².